The molecule has 5 heteroatoms. The first kappa shape index (κ1) is 17.5. The van der Waals surface area contributed by atoms with Gasteiger partial charge >= 0.3 is 0 Å². The zero-order chi connectivity index (χ0) is 17.3. The number of carbonyl (C=O) groups excluding carboxylic acids is 2. The second-order valence-electron chi connectivity index (χ2n) is 8.21. The first-order chi connectivity index (χ1) is 11.4. The summed E-state index contributed by atoms with van der Waals surface area (Å²) in [7, 11) is 0. The summed E-state index contributed by atoms with van der Waals surface area (Å²) < 4.78 is 0. The number of nitrogens with one attached hydrogen (secondary N) is 1. The van der Waals surface area contributed by atoms with E-state index in [1.807, 2.05) is 16.3 Å². The molecule has 0 radical (unpaired) electrons. The van der Waals surface area contributed by atoms with Gasteiger partial charge in [0, 0.05) is 23.9 Å². The third-order valence-electron chi connectivity index (χ3n) is 5.28. The summed E-state index contributed by atoms with van der Waals surface area (Å²) in [4.78, 5) is 28.3. The van der Waals surface area contributed by atoms with Gasteiger partial charge in [-0.1, -0.05) is 39.7 Å². The number of nitrogens with zero attached hydrogens (tertiary/aromatic N) is 1. The highest BCUT2D eigenvalue weighted by atomic mass is 32.1. The fourth-order valence-corrected chi connectivity index (χ4v) is 4.93. The molecule has 1 aliphatic carbocycles. The number of hydrogen-bond acceptors (Lipinski definition) is 3. The van der Waals surface area contributed by atoms with Crippen LogP contribution in [0.1, 0.15) is 63.8 Å². The minimum Gasteiger partial charge on any atom is -0.348 e. The maximum absolute atomic E-state index is 12.8. The van der Waals surface area contributed by atoms with Crippen molar-refractivity contribution in [2.75, 3.05) is 6.54 Å². The second-order valence-corrected chi connectivity index (χ2v) is 9.19. The summed E-state index contributed by atoms with van der Waals surface area (Å²) in [5.74, 6) is -0.0226. The molecule has 0 aromatic carbocycles. The van der Waals surface area contributed by atoms with Crippen LogP contribution in [0.15, 0.2) is 17.5 Å². The average molecular weight is 349 g/mol. The lowest BCUT2D eigenvalue weighted by Crippen LogP contribution is -2.41. The normalized spacial score (nSPS) is 23.7. The molecule has 2 fully saturated rings. The molecule has 1 aromatic rings. The van der Waals surface area contributed by atoms with Crippen LogP contribution in [0.25, 0.3) is 0 Å². The molecule has 2 heterocycles. The first-order valence-electron chi connectivity index (χ1n) is 8.99. The van der Waals surface area contributed by atoms with Crippen LogP contribution < -0.4 is 5.32 Å². The Balaban J connectivity index is 1.66. The van der Waals surface area contributed by atoms with Crippen molar-refractivity contribution in [3.63, 3.8) is 0 Å². The van der Waals surface area contributed by atoms with Gasteiger partial charge in [0.15, 0.2) is 0 Å². The van der Waals surface area contributed by atoms with E-state index in [2.05, 4.69) is 32.2 Å². The Morgan fingerprint density at radius 1 is 1.33 bits per heavy atom. The van der Waals surface area contributed by atoms with Crippen molar-refractivity contribution in [3.05, 3.63) is 22.4 Å². The molecule has 1 aliphatic heterocycles. The smallest absolute Gasteiger partial charge is 0.225 e. The molecule has 1 saturated heterocycles. The van der Waals surface area contributed by atoms with Gasteiger partial charge in [0.25, 0.3) is 0 Å². The van der Waals surface area contributed by atoms with Gasteiger partial charge in [-0.3, -0.25) is 9.59 Å². The lowest BCUT2D eigenvalue weighted by atomic mass is 9.85. The van der Waals surface area contributed by atoms with Gasteiger partial charge in [-0.05, 0) is 29.7 Å². The molecule has 2 amide bonds. The summed E-state index contributed by atoms with van der Waals surface area (Å²) in [5, 5.41) is 5.27. The Bertz CT molecular complexity index is 585. The van der Waals surface area contributed by atoms with Gasteiger partial charge in [0.1, 0.15) is 0 Å². The van der Waals surface area contributed by atoms with E-state index in [1.165, 1.54) is 17.7 Å². The minimum absolute atomic E-state index is 0.0133. The van der Waals surface area contributed by atoms with E-state index in [0.29, 0.717) is 19.0 Å². The summed E-state index contributed by atoms with van der Waals surface area (Å²) >= 11 is 1.67. The van der Waals surface area contributed by atoms with Gasteiger partial charge in [-0.15, -0.1) is 11.3 Å². The largest absolute Gasteiger partial charge is 0.348 e. The summed E-state index contributed by atoms with van der Waals surface area (Å²) in [5.41, 5.74) is -0.0612. The van der Waals surface area contributed by atoms with E-state index in [9.17, 15) is 9.59 Å². The molecule has 2 aliphatic rings. The van der Waals surface area contributed by atoms with Crippen molar-refractivity contribution in [2.24, 2.45) is 11.3 Å². The highest BCUT2D eigenvalue weighted by Gasteiger charge is 2.40. The Kier molecular flexibility index (Phi) is 5.00. The number of carbonyl (C=O) groups is 2. The van der Waals surface area contributed by atoms with Gasteiger partial charge in [0.05, 0.1) is 12.0 Å². The molecular formula is C19H28N2O2S. The maximum atomic E-state index is 12.8. The number of likely N-dealkylation sites (tertiary alicyclic amines) is 1. The number of hydrogen-bond donors (Lipinski definition) is 1. The number of thiophene rings is 1. The molecular weight excluding hydrogens is 320 g/mol. The monoisotopic (exact) mass is 348 g/mol. The molecule has 1 aromatic heterocycles. The third-order valence-corrected chi connectivity index (χ3v) is 6.21. The molecule has 4 nitrogen and oxygen atoms in total. The van der Waals surface area contributed by atoms with E-state index in [0.717, 1.165) is 12.8 Å². The van der Waals surface area contributed by atoms with Crippen molar-refractivity contribution in [1.29, 1.82) is 0 Å². The van der Waals surface area contributed by atoms with Crippen LogP contribution in [0.3, 0.4) is 0 Å². The Morgan fingerprint density at radius 2 is 2.04 bits per heavy atom. The molecule has 0 bridgehead atoms. The molecule has 3 rings (SSSR count). The SMILES string of the molecule is CC(C)(C)[C@@H](NC(=O)[C@@H]1CC(=O)N(C2CCCC2)C1)c1cccs1. The molecule has 0 spiro atoms. The molecule has 1 N–H and O–H groups in total. The standard InChI is InChI=1S/C19H28N2O2S/c1-19(2,3)17(15-9-6-10-24-15)20-18(23)13-11-16(22)21(12-13)14-7-4-5-8-14/h6,9-10,13-14,17H,4-5,7-8,11-12H2,1-3H3,(H,20,23)/t13-,17+/m1/s1. The Labute approximate surface area is 148 Å². The topological polar surface area (TPSA) is 49.4 Å². The second kappa shape index (κ2) is 6.87. The van der Waals surface area contributed by atoms with Crippen molar-refractivity contribution in [1.82, 2.24) is 10.2 Å². The summed E-state index contributed by atoms with van der Waals surface area (Å²) in [6, 6.07) is 4.45. The molecule has 2 atom stereocenters. The molecule has 132 valence electrons. The van der Waals surface area contributed by atoms with Gasteiger partial charge in [-0.2, -0.15) is 0 Å². The quantitative estimate of drug-likeness (QED) is 0.901. The number of rotatable bonds is 4. The lowest BCUT2D eigenvalue weighted by molar-refractivity contribution is -0.130. The van der Waals surface area contributed by atoms with Crippen molar-refractivity contribution in [2.45, 2.75) is 65.0 Å². The maximum Gasteiger partial charge on any atom is 0.225 e. The predicted octanol–water partition coefficient (Wildman–Crippen LogP) is 3.74. The molecule has 0 unspecified atom stereocenters. The predicted molar refractivity (Wildman–Crippen MR) is 96.7 cm³/mol. The Morgan fingerprint density at radius 3 is 2.62 bits per heavy atom. The van der Waals surface area contributed by atoms with Crippen LogP contribution >= 0.6 is 11.3 Å². The van der Waals surface area contributed by atoms with Crippen LogP contribution in [-0.4, -0.2) is 29.3 Å². The molecule has 1 saturated carbocycles. The van der Waals surface area contributed by atoms with Crippen LogP contribution in [0, 0.1) is 11.3 Å². The van der Waals surface area contributed by atoms with E-state index < -0.39 is 0 Å². The van der Waals surface area contributed by atoms with Gasteiger partial charge < -0.3 is 10.2 Å². The van der Waals surface area contributed by atoms with Crippen LogP contribution in [0.2, 0.25) is 0 Å². The van der Waals surface area contributed by atoms with E-state index in [-0.39, 0.29) is 29.2 Å². The highest BCUT2D eigenvalue weighted by molar-refractivity contribution is 7.10. The van der Waals surface area contributed by atoms with Crippen LogP contribution in [0.4, 0.5) is 0 Å². The minimum atomic E-state index is -0.206. The van der Waals surface area contributed by atoms with Crippen LogP contribution in [-0.2, 0) is 9.59 Å². The van der Waals surface area contributed by atoms with E-state index in [1.54, 1.807) is 11.3 Å². The third kappa shape index (κ3) is 3.66. The summed E-state index contributed by atoms with van der Waals surface area (Å²) in [6.07, 6.45) is 4.97. The number of amides is 2. The zero-order valence-electron chi connectivity index (χ0n) is 14.9. The van der Waals surface area contributed by atoms with E-state index >= 15 is 0 Å². The van der Waals surface area contributed by atoms with Gasteiger partial charge in [-0.25, -0.2) is 0 Å². The van der Waals surface area contributed by atoms with Crippen LogP contribution in [0.5, 0.6) is 0 Å². The average Bonchev–Trinajstić information content (AvgIpc) is 3.24. The first-order valence-corrected chi connectivity index (χ1v) is 9.87. The zero-order valence-corrected chi connectivity index (χ0v) is 15.7. The molecule has 24 heavy (non-hydrogen) atoms. The van der Waals surface area contributed by atoms with Crippen molar-refractivity contribution < 1.29 is 9.59 Å². The fourth-order valence-electron chi connectivity index (χ4n) is 3.91. The van der Waals surface area contributed by atoms with Crippen molar-refractivity contribution in [3.8, 4) is 0 Å². The highest BCUT2D eigenvalue weighted by Crippen LogP contribution is 2.36. The Hall–Kier alpha value is -1.36. The van der Waals surface area contributed by atoms with E-state index in [4.69, 9.17) is 0 Å². The lowest BCUT2D eigenvalue weighted by Gasteiger charge is -2.31. The summed E-state index contributed by atoms with van der Waals surface area (Å²) in [6.45, 7) is 7.02. The van der Waals surface area contributed by atoms with Gasteiger partial charge in [0.2, 0.25) is 11.8 Å². The fraction of sp³-hybridized carbons (Fsp3) is 0.684. The van der Waals surface area contributed by atoms with Crippen molar-refractivity contribution >= 4 is 23.2 Å².